The summed E-state index contributed by atoms with van der Waals surface area (Å²) in [7, 11) is 0. The van der Waals surface area contributed by atoms with Crippen molar-refractivity contribution in [3.05, 3.63) is 23.0 Å². The van der Waals surface area contributed by atoms with Crippen LogP contribution in [0.25, 0.3) is 0 Å². The lowest BCUT2D eigenvalue weighted by Gasteiger charge is -1.99. The zero-order valence-electron chi connectivity index (χ0n) is 9.02. The van der Waals surface area contributed by atoms with Crippen molar-refractivity contribution in [2.24, 2.45) is 0 Å². The smallest absolute Gasteiger partial charge is 0.355 e. The fourth-order valence-electron chi connectivity index (χ4n) is 1.45. The Balaban J connectivity index is 2.81. The molecule has 1 heterocycles. The first-order valence-electron chi connectivity index (χ1n) is 5.04. The molecular weight excluding hydrogens is 178 g/mol. The van der Waals surface area contributed by atoms with Crippen LogP contribution in [-0.4, -0.2) is 17.6 Å². The fraction of sp³-hybridized carbons (Fsp3) is 0.545. The van der Waals surface area contributed by atoms with E-state index in [0.717, 1.165) is 24.1 Å². The quantitative estimate of drug-likeness (QED) is 0.750. The number of ether oxygens (including phenoxy) is 1. The second kappa shape index (κ2) is 4.84. The molecule has 1 aromatic heterocycles. The van der Waals surface area contributed by atoms with E-state index < -0.39 is 0 Å². The van der Waals surface area contributed by atoms with Crippen LogP contribution < -0.4 is 0 Å². The average molecular weight is 195 g/mol. The number of H-pyrrole nitrogens is 1. The lowest BCUT2D eigenvalue weighted by Crippen LogP contribution is -2.06. The van der Waals surface area contributed by atoms with Gasteiger partial charge in [-0.1, -0.05) is 13.3 Å². The molecule has 0 aliphatic heterocycles. The van der Waals surface area contributed by atoms with Crippen molar-refractivity contribution in [3.8, 4) is 0 Å². The Morgan fingerprint density at radius 1 is 1.50 bits per heavy atom. The molecule has 1 rings (SSSR count). The lowest BCUT2D eigenvalue weighted by molar-refractivity contribution is 0.0519. The third kappa shape index (κ3) is 2.37. The van der Waals surface area contributed by atoms with Crippen molar-refractivity contribution < 1.29 is 9.53 Å². The molecule has 14 heavy (non-hydrogen) atoms. The average Bonchev–Trinajstić information content (AvgIpc) is 2.48. The Hall–Kier alpha value is -1.25. The van der Waals surface area contributed by atoms with E-state index in [1.165, 1.54) is 0 Å². The van der Waals surface area contributed by atoms with Gasteiger partial charge in [0.05, 0.1) is 6.61 Å². The third-order valence-electron chi connectivity index (χ3n) is 2.07. The molecule has 0 aliphatic rings. The van der Waals surface area contributed by atoms with Crippen molar-refractivity contribution in [1.82, 2.24) is 4.98 Å². The molecule has 1 aromatic rings. The number of hydrogen-bond acceptors (Lipinski definition) is 2. The van der Waals surface area contributed by atoms with Gasteiger partial charge in [-0.15, -0.1) is 0 Å². The van der Waals surface area contributed by atoms with Crippen LogP contribution in [0.15, 0.2) is 6.07 Å². The van der Waals surface area contributed by atoms with Crippen LogP contribution in [-0.2, 0) is 11.2 Å². The summed E-state index contributed by atoms with van der Waals surface area (Å²) in [5.41, 5.74) is 2.66. The Morgan fingerprint density at radius 2 is 2.21 bits per heavy atom. The zero-order valence-corrected chi connectivity index (χ0v) is 9.02. The van der Waals surface area contributed by atoms with Gasteiger partial charge in [0.1, 0.15) is 5.69 Å². The lowest BCUT2D eigenvalue weighted by atomic mass is 10.2. The molecule has 0 amide bonds. The summed E-state index contributed by atoms with van der Waals surface area (Å²) < 4.78 is 4.93. The molecule has 0 spiro atoms. The molecule has 1 N–H and O–H groups in total. The molecule has 78 valence electrons. The molecule has 0 atom stereocenters. The van der Waals surface area contributed by atoms with E-state index in [-0.39, 0.29) is 5.97 Å². The zero-order chi connectivity index (χ0) is 10.6. The summed E-state index contributed by atoms with van der Waals surface area (Å²) in [5.74, 6) is -0.257. The second-order valence-electron chi connectivity index (χ2n) is 3.32. The topological polar surface area (TPSA) is 42.1 Å². The van der Waals surface area contributed by atoms with Gasteiger partial charge in [0, 0.05) is 5.69 Å². The van der Waals surface area contributed by atoms with E-state index >= 15 is 0 Å². The normalized spacial score (nSPS) is 10.2. The second-order valence-corrected chi connectivity index (χ2v) is 3.32. The largest absolute Gasteiger partial charge is 0.461 e. The highest BCUT2D eigenvalue weighted by Gasteiger charge is 2.12. The van der Waals surface area contributed by atoms with Gasteiger partial charge in [0.25, 0.3) is 0 Å². The standard InChI is InChI=1S/C11H17NO2/c1-4-6-9-7-8(3)10(12-9)11(13)14-5-2/h7,12H,4-6H2,1-3H3. The Labute approximate surface area is 84.5 Å². The first-order valence-corrected chi connectivity index (χ1v) is 5.04. The summed E-state index contributed by atoms with van der Waals surface area (Å²) in [6.45, 7) is 6.26. The Kier molecular flexibility index (Phi) is 3.74. The van der Waals surface area contributed by atoms with Crippen molar-refractivity contribution in [1.29, 1.82) is 0 Å². The highest BCUT2D eigenvalue weighted by Crippen LogP contribution is 2.12. The van der Waals surface area contributed by atoms with E-state index in [4.69, 9.17) is 4.74 Å². The number of hydrogen-bond donors (Lipinski definition) is 1. The predicted molar refractivity (Wildman–Crippen MR) is 55.5 cm³/mol. The number of aromatic amines is 1. The number of nitrogens with one attached hydrogen (secondary N) is 1. The highest BCUT2D eigenvalue weighted by molar-refractivity contribution is 5.89. The molecule has 0 unspecified atom stereocenters. The van der Waals surface area contributed by atoms with Crippen molar-refractivity contribution >= 4 is 5.97 Å². The van der Waals surface area contributed by atoms with Gasteiger partial charge in [0.2, 0.25) is 0 Å². The first kappa shape index (κ1) is 10.8. The van der Waals surface area contributed by atoms with E-state index in [1.807, 2.05) is 19.9 Å². The summed E-state index contributed by atoms with van der Waals surface area (Å²) in [4.78, 5) is 14.5. The van der Waals surface area contributed by atoms with Crippen molar-refractivity contribution in [2.45, 2.75) is 33.6 Å². The van der Waals surface area contributed by atoms with Gasteiger partial charge in [-0.05, 0) is 31.9 Å². The molecular formula is C11H17NO2. The van der Waals surface area contributed by atoms with Gasteiger partial charge >= 0.3 is 5.97 Å². The molecule has 3 heteroatoms. The van der Waals surface area contributed by atoms with Crippen LogP contribution in [0, 0.1) is 6.92 Å². The maximum atomic E-state index is 11.4. The van der Waals surface area contributed by atoms with Gasteiger partial charge < -0.3 is 9.72 Å². The molecule has 0 saturated heterocycles. The van der Waals surface area contributed by atoms with Gasteiger partial charge in [-0.2, -0.15) is 0 Å². The van der Waals surface area contributed by atoms with E-state index in [1.54, 1.807) is 0 Å². The molecule has 0 bridgehead atoms. The van der Waals surface area contributed by atoms with E-state index in [9.17, 15) is 4.79 Å². The summed E-state index contributed by atoms with van der Waals surface area (Å²) >= 11 is 0. The summed E-state index contributed by atoms with van der Waals surface area (Å²) in [5, 5.41) is 0. The Bertz CT molecular complexity index is 315. The van der Waals surface area contributed by atoms with Crippen LogP contribution in [0.5, 0.6) is 0 Å². The maximum Gasteiger partial charge on any atom is 0.355 e. The van der Waals surface area contributed by atoms with Gasteiger partial charge in [-0.25, -0.2) is 4.79 Å². The third-order valence-corrected chi connectivity index (χ3v) is 2.07. The molecule has 0 saturated carbocycles. The highest BCUT2D eigenvalue weighted by atomic mass is 16.5. The molecule has 0 radical (unpaired) electrons. The van der Waals surface area contributed by atoms with Crippen LogP contribution in [0.2, 0.25) is 0 Å². The maximum absolute atomic E-state index is 11.4. The van der Waals surface area contributed by atoms with Crippen LogP contribution in [0.3, 0.4) is 0 Å². The number of aromatic nitrogens is 1. The van der Waals surface area contributed by atoms with E-state index in [2.05, 4.69) is 11.9 Å². The summed E-state index contributed by atoms with van der Waals surface area (Å²) in [6, 6.07) is 2.01. The number of esters is 1. The van der Waals surface area contributed by atoms with Gasteiger partial charge in [0.15, 0.2) is 0 Å². The minimum atomic E-state index is -0.257. The number of aryl methyl sites for hydroxylation is 2. The molecule has 0 fully saturated rings. The van der Waals surface area contributed by atoms with Crippen LogP contribution >= 0.6 is 0 Å². The predicted octanol–water partition coefficient (Wildman–Crippen LogP) is 2.45. The van der Waals surface area contributed by atoms with Crippen LogP contribution in [0.4, 0.5) is 0 Å². The molecule has 3 nitrogen and oxygen atoms in total. The molecule has 0 aliphatic carbocycles. The first-order chi connectivity index (χ1) is 6.69. The van der Waals surface area contributed by atoms with Crippen molar-refractivity contribution in [3.63, 3.8) is 0 Å². The van der Waals surface area contributed by atoms with Gasteiger partial charge in [-0.3, -0.25) is 0 Å². The Morgan fingerprint density at radius 3 is 2.79 bits per heavy atom. The minimum Gasteiger partial charge on any atom is -0.461 e. The number of carbonyl (C=O) groups is 1. The molecule has 0 aromatic carbocycles. The minimum absolute atomic E-state index is 0.257. The fourth-order valence-corrected chi connectivity index (χ4v) is 1.45. The number of rotatable bonds is 4. The van der Waals surface area contributed by atoms with Crippen molar-refractivity contribution in [2.75, 3.05) is 6.61 Å². The summed E-state index contributed by atoms with van der Waals surface area (Å²) in [6.07, 6.45) is 2.04. The van der Waals surface area contributed by atoms with E-state index in [0.29, 0.717) is 12.3 Å². The SMILES string of the molecule is CCCc1cc(C)c(C(=O)OCC)[nH]1. The van der Waals surface area contributed by atoms with Crippen LogP contribution in [0.1, 0.15) is 42.0 Å². The monoisotopic (exact) mass is 195 g/mol. The number of carbonyl (C=O) groups excluding carboxylic acids is 1.